The van der Waals surface area contributed by atoms with E-state index in [4.69, 9.17) is 0 Å². The second kappa shape index (κ2) is 6.72. The predicted octanol–water partition coefficient (Wildman–Crippen LogP) is 1.54. The average molecular weight is 239 g/mol. The van der Waals surface area contributed by atoms with E-state index in [0.717, 1.165) is 12.1 Å². The zero-order valence-electron chi connectivity index (χ0n) is 11.6. The Balaban J connectivity index is 1.90. The smallest absolute Gasteiger partial charge is 0.0224 e. The molecule has 0 aromatic heterocycles. The lowest BCUT2D eigenvalue weighted by molar-refractivity contribution is 0.0691. The number of piperidine rings is 2. The first-order chi connectivity index (χ1) is 8.31. The monoisotopic (exact) mass is 239 g/mol. The topological polar surface area (TPSA) is 18.5 Å². The number of hydrogen-bond acceptors (Lipinski definition) is 3. The molecule has 0 radical (unpaired) electrons. The molecule has 1 unspecified atom stereocenters. The molecule has 0 aromatic rings. The first kappa shape index (κ1) is 13.3. The van der Waals surface area contributed by atoms with E-state index in [-0.39, 0.29) is 0 Å². The molecule has 3 heteroatoms. The van der Waals surface area contributed by atoms with Crippen LogP contribution in [0, 0.1) is 0 Å². The third kappa shape index (κ3) is 3.67. The van der Waals surface area contributed by atoms with Gasteiger partial charge < -0.3 is 10.2 Å². The molecule has 2 aliphatic heterocycles. The van der Waals surface area contributed by atoms with Gasteiger partial charge in [0.25, 0.3) is 0 Å². The second-order valence-electron chi connectivity index (χ2n) is 5.77. The highest BCUT2D eigenvalue weighted by Gasteiger charge is 2.28. The van der Waals surface area contributed by atoms with E-state index in [2.05, 4.69) is 29.1 Å². The zero-order chi connectivity index (χ0) is 12.1. The first-order valence-electron chi connectivity index (χ1n) is 7.46. The van der Waals surface area contributed by atoms with Gasteiger partial charge in [0.05, 0.1) is 0 Å². The van der Waals surface area contributed by atoms with Crippen LogP contribution in [0.15, 0.2) is 0 Å². The van der Waals surface area contributed by atoms with Crippen molar-refractivity contribution < 1.29 is 0 Å². The summed E-state index contributed by atoms with van der Waals surface area (Å²) in [7, 11) is 2.25. The molecule has 2 aliphatic rings. The predicted molar refractivity (Wildman–Crippen MR) is 73.4 cm³/mol. The van der Waals surface area contributed by atoms with Gasteiger partial charge in [0.15, 0.2) is 0 Å². The van der Waals surface area contributed by atoms with Crippen molar-refractivity contribution in [2.24, 2.45) is 0 Å². The summed E-state index contributed by atoms with van der Waals surface area (Å²) < 4.78 is 0. The van der Waals surface area contributed by atoms with Crippen LogP contribution in [0.2, 0.25) is 0 Å². The van der Waals surface area contributed by atoms with Crippen molar-refractivity contribution >= 4 is 0 Å². The molecule has 0 saturated carbocycles. The van der Waals surface area contributed by atoms with E-state index in [1.165, 1.54) is 64.8 Å². The SMILES string of the molecule is CCCN(C1CCN(C)CC1)C1CCCNC1. The largest absolute Gasteiger partial charge is 0.315 e. The fourth-order valence-corrected chi connectivity index (χ4v) is 3.36. The summed E-state index contributed by atoms with van der Waals surface area (Å²) in [6.07, 6.45) is 6.79. The van der Waals surface area contributed by atoms with E-state index < -0.39 is 0 Å². The van der Waals surface area contributed by atoms with Crippen LogP contribution in [-0.2, 0) is 0 Å². The van der Waals surface area contributed by atoms with Gasteiger partial charge in [-0.2, -0.15) is 0 Å². The van der Waals surface area contributed by atoms with Crippen LogP contribution in [0.4, 0.5) is 0 Å². The van der Waals surface area contributed by atoms with Crippen LogP contribution in [0.25, 0.3) is 0 Å². The molecule has 3 nitrogen and oxygen atoms in total. The summed E-state index contributed by atoms with van der Waals surface area (Å²) in [5, 5.41) is 3.57. The molecular formula is C14H29N3. The van der Waals surface area contributed by atoms with Crippen LogP contribution in [0.3, 0.4) is 0 Å². The van der Waals surface area contributed by atoms with Gasteiger partial charge in [0, 0.05) is 18.6 Å². The molecule has 1 N–H and O–H groups in total. The molecule has 100 valence electrons. The summed E-state index contributed by atoms with van der Waals surface area (Å²) in [4.78, 5) is 5.29. The van der Waals surface area contributed by atoms with E-state index >= 15 is 0 Å². The molecule has 0 aliphatic carbocycles. The number of likely N-dealkylation sites (tertiary alicyclic amines) is 1. The Morgan fingerprint density at radius 2 is 1.94 bits per heavy atom. The maximum atomic E-state index is 3.57. The maximum Gasteiger partial charge on any atom is 0.0224 e. The van der Waals surface area contributed by atoms with E-state index in [9.17, 15) is 0 Å². The van der Waals surface area contributed by atoms with Gasteiger partial charge in [-0.15, -0.1) is 0 Å². The highest BCUT2D eigenvalue weighted by molar-refractivity contribution is 4.86. The average Bonchev–Trinajstić information content (AvgIpc) is 2.38. The number of nitrogens with one attached hydrogen (secondary N) is 1. The van der Waals surface area contributed by atoms with E-state index in [1.54, 1.807) is 0 Å². The summed E-state index contributed by atoms with van der Waals surface area (Å²) >= 11 is 0. The van der Waals surface area contributed by atoms with Crippen molar-refractivity contribution in [3.05, 3.63) is 0 Å². The Morgan fingerprint density at radius 3 is 2.53 bits per heavy atom. The maximum absolute atomic E-state index is 3.57. The number of nitrogens with zero attached hydrogens (tertiary/aromatic N) is 2. The molecule has 0 spiro atoms. The molecule has 2 fully saturated rings. The number of rotatable bonds is 4. The van der Waals surface area contributed by atoms with Crippen LogP contribution >= 0.6 is 0 Å². The highest BCUT2D eigenvalue weighted by Crippen LogP contribution is 2.21. The summed E-state index contributed by atoms with van der Waals surface area (Å²) in [5.41, 5.74) is 0. The fraction of sp³-hybridized carbons (Fsp3) is 1.00. The minimum atomic E-state index is 0.803. The molecule has 1 atom stereocenters. The Morgan fingerprint density at radius 1 is 1.18 bits per heavy atom. The Kier molecular flexibility index (Phi) is 5.26. The molecule has 2 saturated heterocycles. The van der Waals surface area contributed by atoms with Crippen molar-refractivity contribution in [2.75, 3.05) is 39.8 Å². The number of hydrogen-bond donors (Lipinski definition) is 1. The van der Waals surface area contributed by atoms with Crippen molar-refractivity contribution in [3.63, 3.8) is 0 Å². The molecule has 0 aromatic carbocycles. The second-order valence-corrected chi connectivity index (χ2v) is 5.77. The van der Waals surface area contributed by atoms with Gasteiger partial charge >= 0.3 is 0 Å². The molecule has 0 amide bonds. The van der Waals surface area contributed by atoms with Crippen molar-refractivity contribution in [1.29, 1.82) is 0 Å². The van der Waals surface area contributed by atoms with Crippen molar-refractivity contribution in [2.45, 2.75) is 51.1 Å². The lowest BCUT2D eigenvalue weighted by Gasteiger charge is -2.43. The fourth-order valence-electron chi connectivity index (χ4n) is 3.36. The first-order valence-corrected chi connectivity index (χ1v) is 7.46. The van der Waals surface area contributed by atoms with Crippen LogP contribution < -0.4 is 5.32 Å². The van der Waals surface area contributed by atoms with E-state index in [1.807, 2.05) is 0 Å². The summed E-state index contributed by atoms with van der Waals surface area (Å²) in [6, 6.07) is 1.65. The zero-order valence-corrected chi connectivity index (χ0v) is 11.6. The lowest BCUT2D eigenvalue weighted by atomic mass is 9.97. The summed E-state index contributed by atoms with van der Waals surface area (Å²) in [5.74, 6) is 0. The van der Waals surface area contributed by atoms with Gasteiger partial charge in [-0.1, -0.05) is 6.92 Å². The molecule has 17 heavy (non-hydrogen) atoms. The molecule has 2 heterocycles. The van der Waals surface area contributed by atoms with Gasteiger partial charge in [0.1, 0.15) is 0 Å². The quantitative estimate of drug-likeness (QED) is 0.803. The minimum absolute atomic E-state index is 0.803. The molecule has 2 rings (SSSR count). The minimum Gasteiger partial charge on any atom is -0.315 e. The van der Waals surface area contributed by atoms with Crippen molar-refractivity contribution in [3.8, 4) is 0 Å². The standard InChI is InChI=1S/C14H29N3/c1-3-9-17(14-5-4-8-15-12-14)13-6-10-16(2)11-7-13/h13-15H,3-12H2,1-2H3. The molecule has 0 bridgehead atoms. The van der Waals surface area contributed by atoms with Crippen molar-refractivity contribution in [1.82, 2.24) is 15.1 Å². The Labute approximate surface area is 107 Å². The van der Waals surface area contributed by atoms with Gasteiger partial charge in [-0.3, -0.25) is 4.90 Å². The normalized spacial score (nSPS) is 28.8. The van der Waals surface area contributed by atoms with Crippen LogP contribution in [0.1, 0.15) is 39.0 Å². The Bertz CT molecular complexity index is 206. The summed E-state index contributed by atoms with van der Waals surface area (Å²) in [6.45, 7) is 8.62. The highest BCUT2D eigenvalue weighted by atomic mass is 15.2. The molecular weight excluding hydrogens is 210 g/mol. The Hall–Kier alpha value is -0.120. The van der Waals surface area contributed by atoms with Crippen LogP contribution in [-0.4, -0.2) is 61.7 Å². The lowest BCUT2D eigenvalue weighted by Crippen LogP contribution is -2.53. The third-order valence-electron chi connectivity index (χ3n) is 4.38. The third-order valence-corrected chi connectivity index (χ3v) is 4.38. The van der Waals surface area contributed by atoms with E-state index in [0.29, 0.717) is 0 Å². The van der Waals surface area contributed by atoms with Gasteiger partial charge in [0.2, 0.25) is 0 Å². The van der Waals surface area contributed by atoms with Gasteiger partial charge in [-0.25, -0.2) is 0 Å². The van der Waals surface area contributed by atoms with Crippen LogP contribution in [0.5, 0.6) is 0 Å². The van der Waals surface area contributed by atoms with Gasteiger partial charge in [-0.05, 0) is 65.3 Å².